The van der Waals surface area contributed by atoms with Gasteiger partial charge in [-0.3, -0.25) is 0 Å². The van der Waals surface area contributed by atoms with Gasteiger partial charge in [0.05, 0.1) is 0 Å². The van der Waals surface area contributed by atoms with Crippen LogP contribution in [0.4, 0.5) is 5.69 Å². The lowest BCUT2D eigenvalue weighted by atomic mass is 9.92. The first kappa shape index (κ1) is 25.3. The number of hydrogen-bond donors (Lipinski definition) is 1. The molecule has 0 aliphatic heterocycles. The molecule has 196 valence electrons. The minimum atomic E-state index is -0.812. The molecule has 2 heteroatoms. The minimum absolute atomic E-state index is 0.762. The molecular formula is C39H30NP. The van der Waals surface area contributed by atoms with Gasteiger partial charge in [0.2, 0.25) is 0 Å². The van der Waals surface area contributed by atoms with Crippen LogP contribution in [0.2, 0.25) is 0 Å². The molecule has 0 bridgehead atoms. The molecular weight excluding hydrogens is 513 g/mol. The van der Waals surface area contributed by atoms with Gasteiger partial charge in [0.1, 0.15) is 0 Å². The third-order valence-electron chi connectivity index (χ3n) is 7.68. The van der Waals surface area contributed by atoms with Crippen molar-refractivity contribution in [2.24, 2.45) is 0 Å². The van der Waals surface area contributed by atoms with E-state index >= 15 is 0 Å². The Labute approximate surface area is 242 Å². The maximum atomic E-state index is 3.84. The minimum Gasteiger partial charge on any atom is -0.380 e. The molecule has 1 N–H and O–H groups in total. The van der Waals surface area contributed by atoms with Gasteiger partial charge in [-0.1, -0.05) is 158 Å². The highest BCUT2D eigenvalue weighted by molar-refractivity contribution is 7.80. The Morgan fingerprint density at radius 3 is 1.51 bits per heavy atom. The molecule has 0 radical (unpaired) electrons. The fraction of sp³-hybridized carbons (Fsp3) is 0.0256. The molecule has 0 saturated heterocycles. The highest BCUT2D eigenvalue weighted by atomic mass is 31.1. The van der Waals surface area contributed by atoms with Gasteiger partial charge in [-0.25, -0.2) is 0 Å². The van der Waals surface area contributed by atoms with Crippen molar-refractivity contribution in [1.82, 2.24) is 0 Å². The summed E-state index contributed by atoms with van der Waals surface area (Å²) in [6.45, 7) is 0.762. The second kappa shape index (κ2) is 11.4. The summed E-state index contributed by atoms with van der Waals surface area (Å²) >= 11 is 0. The van der Waals surface area contributed by atoms with Crippen LogP contribution in [0.3, 0.4) is 0 Å². The lowest BCUT2D eigenvalue weighted by Crippen LogP contribution is -2.22. The van der Waals surface area contributed by atoms with Crippen LogP contribution in [0.1, 0.15) is 5.56 Å². The molecule has 0 atom stereocenters. The van der Waals surface area contributed by atoms with E-state index in [1.54, 1.807) is 0 Å². The molecule has 0 aliphatic rings. The topological polar surface area (TPSA) is 12.0 Å². The molecule has 1 nitrogen and oxygen atoms in total. The Morgan fingerprint density at radius 1 is 0.415 bits per heavy atom. The Bertz CT molecular complexity index is 1890. The summed E-state index contributed by atoms with van der Waals surface area (Å²) < 4.78 is 0. The molecule has 7 aromatic rings. The van der Waals surface area contributed by atoms with E-state index in [0.717, 1.165) is 12.2 Å². The van der Waals surface area contributed by atoms with Crippen LogP contribution in [-0.2, 0) is 6.54 Å². The van der Waals surface area contributed by atoms with Crippen molar-refractivity contribution in [1.29, 1.82) is 0 Å². The Hall–Kier alpha value is -4.71. The highest BCUT2D eigenvalue weighted by Gasteiger charge is 2.24. The summed E-state index contributed by atoms with van der Waals surface area (Å²) in [5, 5.41) is 13.0. The molecule has 7 aromatic carbocycles. The summed E-state index contributed by atoms with van der Waals surface area (Å²) in [5.74, 6) is 0. The van der Waals surface area contributed by atoms with Gasteiger partial charge >= 0.3 is 0 Å². The van der Waals surface area contributed by atoms with E-state index in [0.29, 0.717) is 0 Å². The average Bonchev–Trinajstić information content (AvgIpc) is 3.05. The molecule has 0 amide bonds. The summed E-state index contributed by atoms with van der Waals surface area (Å²) in [6.07, 6.45) is 0. The normalized spacial score (nSPS) is 11.2. The number of nitrogens with one attached hydrogen (secondary N) is 1. The summed E-state index contributed by atoms with van der Waals surface area (Å²) in [4.78, 5) is 0. The monoisotopic (exact) mass is 543 g/mol. The van der Waals surface area contributed by atoms with Crippen molar-refractivity contribution in [2.75, 3.05) is 5.32 Å². The first-order valence-electron chi connectivity index (χ1n) is 14.1. The third kappa shape index (κ3) is 5.02. The molecule has 0 fully saturated rings. The van der Waals surface area contributed by atoms with E-state index in [9.17, 15) is 0 Å². The molecule has 7 rings (SSSR count). The predicted octanol–water partition coefficient (Wildman–Crippen LogP) is 9.03. The zero-order valence-electron chi connectivity index (χ0n) is 22.7. The van der Waals surface area contributed by atoms with Gasteiger partial charge in [0, 0.05) is 23.4 Å². The van der Waals surface area contributed by atoms with Crippen molar-refractivity contribution < 1.29 is 0 Å². The van der Waals surface area contributed by atoms with E-state index < -0.39 is 7.92 Å². The van der Waals surface area contributed by atoms with E-state index in [1.165, 1.54) is 54.1 Å². The first-order chi connectivity index (χ1) is 20.4. The van der Waals surface area contributed by atoms with Crippen LogP contribution in [0.5, 0.6) is 0 Å². The molecule has 0 heterocycles. The maximum absolute atomic E-state index is 3.84. The SMILES string of the molecule is c1ccc(CNc2ccc3ccccc3c2-c2c(P(c3ccccc3)c3ccccc3)ccc3ccccc23)cc1. The lowest BCUT2D eigenvalue weighted by Gasteiger charge is -2.26. The van der Waals surface area contributed by atoms with Gasteiger partial charge in [0.15, 0.2) is 0 Å². The largest absolute Gasteiger partial charge is 0.380 e. The van der Waals surface area contributed by atoms with E-state index in [2.05, 4.69) is 169 Å². The van der Waals surface area contributed by atoms with Crippen LogP contribution >= 0.6 is 7.92 Å². The third-order valence-corrected chi connectivity index (χ3v) is 10.2. The summed E-state index contributed by atoms with van der Waals surface area (Å²) in [7, 11) is -0.812. The highest BCUT2D eigenvalue weighted by Crippen LogP contribution is 2.44. The zero-order chi connectivity index (χ0) is 27.4. The quantitative estimate of drug-likeness (QED) is 0.198. The van der Waals surface area contributed by atoms with Crippen LogP contribution in [0.25, 0.3) is 32.7 Å². The van der Waals surface area contributed by atoms with Crippen LogP contribution in [0, 0.1) is 0 Å². The smallest absolute Gasteiger partial charge is 0.0429 e. The first-order valence-corrected chi connectivity index (χ1v) is 15.4. The van der Waals surface area contributed by atoms with Gasteiger partial charge < -0.3 is 5.32 Å². The van der Waals surface area contributed by atoms with Crippen LogP contribution in [0.15, 0.2) is 164 Å². The van der Waals surface area contributed by atoms with Gasteiger partial charge in [0.25, 0.3) is 0 Å². The van der Waals surface area contributed by atoms with Crippen molar-refractivity contribution >= 4 is 51.1 Å². The fourth-order valence-corrected chi connectivity index (χ4v) is 8.25. The average molecular weight is 544 g/mol. The molecule has 41 heavy (non-hydrogen) atoms. The molecule has 0 aliphatic carbocycles. The van der Waals surface area contributed by atoms with Crippen molar-refractivity contribution in [3.05, 3.63) is 169 Å². The second-order valence-electron chi connectivity index (χ2n) is 10.2. The van der Waals surface area contributed by atoms with Crippen LogP contribution < -0.4 is 21.2 Å². The standard InChI is InChI=1S/C39H30NP/c1-4-14-29(15-5-1)28-40-36-26-24-30-16-10-12-22-34(30)38(36)39-35-23-13-11-17-31(35)25-27-37(39)41(32-18-6-2-7-19-32)33-20-8-3-9-21-33/h1-27,40H,28H2. The number of fused-ring (bicyclic) bond motifs is 2. The summed E-state index contributed by atoms with van der Waals surface area (Å²) in [6, 6.07) is 59.5. The van der Waals surface area contributed by atoms with Gasteiger partial charge in [-0.2, -0.15) is 0 Å². The Kier molecular flexibility index (Phi) is 7.04. The second-order valence-corrected chi connectivity index (χ2v) is 12.4. The van der Waals surface area contributed by atoms with Gasteiger partial charge in [-0.05, 0) is 57.0 Å². The molecule has 0 saturated carbocycles. The van der Waals surface area contributed by atoms with E-state index in [-0.39, 0.29) is 0 Å². The number of hydrogen-bond acceptors (Lipinski definition) is 1. The van der Waals surface area contributed by atoms with Crippen LogP contribution in [-0.4, -0.2) is 0 Å². The predicted molar refractivity (Wildman–Crippen MR) is 179 cm³/mol. The number of benzene rings is 7. The maximum Gasteiger partial charge on any atom is 0.0429 e. The van der Waals surface area contributed by atoms with E-state index in [1.807, 2.05) is 0 Å². The Balaban J connectivity index is 1.54. The van der Waals surface area contributed by atoms with Crippen molar-refractivity contribution in [3.63, 3.8) is 0 Å². The molecule has 0 spiro atoms. The van der Waals surface area contributed by atoms with Gasteiger partial charge in [-0.15, -0.1) is 0 Å². The molecule has 0 unspecified atom stereocenters. The Morgan fingerprint density at radius 2 is 0.902 bits per heavy atom. The number of anilines is 1. The number of rotatable bonds is 7. The van der Waals surface area contributed by atoms with Crippen molar-refractivity contribution in [3.8, 4) is 11.1 Å². The summed E-state index contributed by atoms with van der Waals surface area (Å²) in [5.41, 5.74) is 5.00. The van der Waals surface area contributed by atoms with E-state index in [4.69, 9.17) is 0 Å². The molecule has 0 aromatic heterocycles. The van der Waals surface area contributed by atoms with Crippen molar-refractivity contribution in [2.45, 2.75) is 6.54 Å². The zero-order valence-corrected chi connectivity index (χ0v) is 23.6. The lowest BCUT2D eigenvalue weighted by molar-refractivity contribution is 1.15. The fourth-order valence-electron chi connectivity index (χ4n) is 5.77.